The number of nitrogens with zero attached hydrogens (tertiary/aromatic N) is 3. The molecule has 2 heterocycles. The molecule has 14 heavy (non-hydrogen) atoms. The molecule has 2 rings (SSSR count). The smallest absolute Gasteiger partial charge is 0.132 e. The van der Waals surface area contributed by atoms with Gasteiger partial charge in [0.15, 0.2) is 0 Å². The third-order valence-corrected chi connectivity index (χ3v) is 3.93. The standard InChI is InChI=1S/C11H19N3/c1-9(2)11(3)5-4-10-13-12-8-14(10)7-6-11/h8-9H,4-7H2,1-3H3. The molecule has 0 amide bonds. The fourth-order valence-corrected chi connectivity index (χ4v) is 2.13. The predicted octanol–water partition coefficient (Wildman–Crippen LogP) is 2.28. The molecule has 1 aromatic rings. The van der Waals surface area contributed by atoms with Gasteiger partial charge in [0.05, 0.1) is 0 Å². The van der Waals surface area contributed by atoms with E-state index in [1.165, 1.54) is 12.8 Å². The van der Waals surface area contributed by atoms with Crippen molar-refractivity contribution in [2.45, 2.75) is 46.6 Å². The molecule has 0 spiro atoms. The van der Waals surface area contributed by atoms with Crippen LogP contribution in [0.1, 0.15) is 39.4 Å². The molecule has 0 N–H and O–H groups in total. The third kappa shape index (κ3) is 1.56. The van der Waals surface area contributed by atoms with Crippen molar-refractivity contribution in [3.05, 3.63) is 12.2 Å². The van der Waals surface area contributed by atoms with Gasteiger partial charge in [-0.05, 0) is 24.2 Å². The van der Waals surface area contributed by atoms with Crippen molar-refractivity contribution in [1.82, 2.24) is 14.8 Å². The topological polar surface area (TPSA) is 30.7 Å². The number of hydrogen-bond acceptors (Lipinski definition) is 2. The Morgan fingerprint density at radius 1 is 1.43 bits per heavy atom. The summed E-state index contributed by atoms with van der Waals surface area (Å²) in [5, 5.41) is 8.11. The lowest BCUT2D eigenvalue weighted by Gasteiger charge is -2.32. The highest BCUT2D eigenvalue weighted by atomic mass is 15.3. The van der Waals surface area contributed by atoms with Gasteiger partial charge in [0.2, 0.25) is 0 Å². The maximum atomic E-state index is 4.15. The molecule has 0 aromatic carbocycles. The highest BCUT2D eigenvalue weighted by Crippen LogP contribution is 2.38. The van der Waals surface area contributed by atoms with Gasteiger partial charge in [-0.3, -0.25) is 0 Å². The second kappa shape index (κ2) is 3.37. The first-order chi connectivity index (χ1) is 6.62. The molecule has 1 aliphatic heterocycles. The summed E-state index contributed by atoms with van der Waals surface area (Å²) in [5.74, 6) is 1.91. The molecule has 78 valence electrons. The van der Waals surface area contributed by atoms with Gasteiger partial charge >= 0.3 is 0 Å². The van der Waals surface area contributed by atoms with E-state index in [4.69, 9.17) is 0 Å². The molecule has 0 saturated carbocycles. The number of aryl methyl sites for hydroxylation is 2. The lowest BCUT2D eigenvalue weighted by atomic mass is 9.73. The van der Waals surface area contributed by atoms with Crippen LogP contribution in [0.5, 0.6) is 0 Å². The van der Waals surface area contributed by atoms with Crippen molar-refractivity contribution in [1.29, 1.82) is 0 Å². The van der Waals surface area contributed by atoms with E-state index in [1.807, 2.05) is 6.33 Å². The van der Waals surface area contributed by atoms with Crippen molar-refractivity contribution in [3.63, 3.8) is 0 Å². The molecule has 0 aliphatic carbocycles. The number of rotatable bonds is 1. The van der Waals surface area contributed by atoms with Gasteiger partial charge in [0.25, 0.3) is 0 Å². The molecule has 0 fully saturated rings. The van der Waals surface area contributed by atoms with E-state index in [0.717, 1.165) is 24.7 Å². The van der Waals surface area contributed by atoms with Gasteiger partial charge in [-0.2, -0.15) is 0 Å². The summed E-state index contributed by atoms with van der Waals surface area (Å²) in [4.78, 5) is 0. The summed E-state index contributed by atoms with van der Waals surface area (Å²) in [6.07, 6.45) is 5.43. The van der Waals surface area contributed by atoms with Gasteiger partial charge in [0, 0.05) is 13.0 Å². The van der Waals surface area contributed by atoms with E-state index in [-0.39, 0.29) is 0 Å². The molecule has 0 radical (unpaired) electrons. The van der Waals surface area contributed by atoms with Gasteiger partial charge in [-0.25, -0.2) is 0 Å². The number of aromatic nitrogens is 3. The van der Waals surface area contributed by atoms with Crippen LogP contribution >= 0.6 is 0 Å². The first-order valence-electron chi connectivity index (χ1n) is 5.48. The summed E-state index contributed by atoms with van der Waals surface area (Å²) in [7, 11) is 0. The largest absolute Gasteiger partial charge is 0.318 e. The summed E-state index contributed by atoms with van der Waals surface area (Å²) in [5.41, 5.74) is 0.473. The quantitative estimate of drug-likeness (QED) is 0.685. The lowest BCUT2D eigenvalue weighted by molar-refractivity contribution is 0.181. The zero-order valence-corrected chi connectivity index (χ0v) is 9.32. The van der Waals surface area contributed by atoms with E-state index in [2.05, 4.69) is 35.5 Å². The highest BCUT2D eigenvalue weighted by molar-refractivity contribution is 4.93. The first kappa shape index (κ1) is 9.69. The Bertz CT molecular complexity index is 292. The fourth-order valence-electron chi connectivity index (χ4n) is 2.13. The minimum Gasteiger partial charge on any atom is -0.318 e. The fraction of sp³-hybridized carbons (Fsp3) is 0.818. The van der Waals surface area contributed by atoms with Crippen molar-refractivity contribution >= 4 is 0 Å². The van der Waals surface area contributed by atoms with Crippen LogP contribution in [-0.4, -0.2) is 14.8 Å². The highest BCUT2D eigenvalue weighted by Gasteiger charge is 2.30. The average Bonchev–Trinajstić information content (AvgIpc) is 2.53. The SMILES string of the molecule is CC(C)C1(C)CCc2nncn2CC1. The Hall–Kier alpha value is -0.860. The summed E-state index contributed by atoms with van der Waals surface area (Å²) in [6.45, 7) is 8.13. The molecule has 3 heteroatoms. The second-order valence-electron chi connectivity index (χ2n) is 5.00. The van der Waals surface area contributed by atoms with Crippen LogP contribution in [0, 0.1) is 11.3 Å². The first-order valence-corrected chi connectivity index (χ1v) is 5.48. The second-order valence-corrected chi connectivity index (χ2v) is 5.00. The van der Waals surface area contributed by atoms with Crippen LogP contribution in [0.15, 0.2) is 6.33 Å². The molecule has 0 bridgehead atoms. The van der Waals surface area contributed by atoms with Crippen molar-refractivity contribution in [3.8, 4) is 0 Å². The number of fused-ring (bicyclic) bond motifs is 1. The Balaban J connectivity index is 2.17. The minimum absolute atomic E-state index is 0.473. The van der Waals surface area contributed by atoms with Gasteiger partial charge < -0.3 is 4.57 Å². The summed E-state index contributed by atoms with van der Waals surface area (Å²) >= 11 is 0. The van der Waals surface area contributed by atoms with Crippen LogP contribution in [0.4, 0.5) is 0 Å². The zero-order chi connectivity index (χ0) is 10.2. The molecular formula is C11H19N3. The normalized spacial score (nSPS) is 27.4. The van der Waals surface area contributed by atoms with Crippen LogP contribution in [0.3, 0.4) is 0 Å². The van der Waals surface area contributed by atoms with Gasteiger partial charge in [-0.15, -0.1) is 10.2 Å². The van der Waals surface area contributed by atoms with Crippen LogP contribution < -0.4 is 0 Å². The van der Waals surface area contributed by atoms with Crippen molar-refractivity contribution in [2.75, 3.05) is 0 Å². The van der Waals surface area contributed by atoms with Gasteiger partial charge in [-0.1, -0.05) is 20.8 Å². The van der Waals surface area contributed by atoms with E-state index >= 15 is 0 Å². The number of hydrogen-bond donors (Lipinski definition) is 0. The monoisotopic (exact) mass is 193 g/mol. The van der Waals surface area contributed by atoms with Crippen molar-refractivity contribution in [2.24, 2.45) is 11.3 Å². The third-order valence-electron chi connectivity index (χ3n) is 3.93. The lowest BCUT2D eigenvalue weighted by Crippen LogP contribution is -2.24. The minimum atomic E-state index is 0.473. The predicted molar refractivity (Wildman–Crippen MR) is 55.9 cm³/mol. The maximum absolute atomic E-state index is 4.15. The molecule has 1 aliphatic rings. The van der Waals surface area contributed by atoms with Crippen LogP contribution in [0.25, 0.3) is 0 Å². The molecule has 3 nitrogen and oxygen atoms in total. The molecule has 1 aromatic heterocycles. The van der Waals surface area contributed by atoms with Crippen LogP contribution in [-0.2, 0) is 13.0 Å². The Kier molecular flexibility index (Phi) is 2.33. The molecule has 0 saturated heterocycles. The molecule has 1 atom stereocenters. The average molecular weight is 193 g/mol. The summed E-state index contributed by atoms with van der Waals surface area (Å²) < 4.78 is 2.20. The summed E-state index contributed by atoms with van der Waals surface area (Å²) in [6, 6.07) is 0. The van der Waals surface area contributed by atoms with Crippen LogP contribution in [0.2, 0.25) is 0 Å². The Morgan fingerprint density at radius 2 is 2.21 bits per heavy atom. The van der Waals surface area contributed by atoms with E-state index in [1.54, 1.807) is 0 Å². The molecule has 1 unspecified atom stereocenters. The van der Waals surface area contributed by atoms with Crippen molar-refractivity contribution < 1.29 is 0 Å². The Labute approximate surface area is 85.5 Å². The van der Waals surface area contributed by atoms with Gasteiger partial charge in [0.1, 0.15) is 12.2 Å². The van der Waals surface area contributed by atoms with E-state index in [9.17, 15) is 0 Å². The van der Waals surface area contributed by atoms with E-state index < -0.39 is 0 Å². The maximum Gasteiger partial charge on any atom is 0.132 e. The van der Waals surface area contributed by atoms with E-state index in [0.29, 0.717) is 5.41 Å². The molecular weight excluding hydrogens is 174 g/mol. The Morgan fingerprint density at radius 3 is 2.93 bits per heavy atom. The zero-order valence-electron chi connectivity index (χ0n) is 9.32.